The summed E-state index contributed by atoms with van der Waals surface area (Å²) in [6.07, 6.45) is 0.539. The highest BCUT2D eigenvalue weighted by Gasteiger charge is 2.26. The maximum absolute atomic E-state index is 11.8. The molecule has 0 aromatic heterocycles. The molecule has 1 unspecified atom stereocenters. The van der Waals surface area contributed by atoms with E-state index >= 15 is 0 Å². The molecule has 4 heteroatoms. The van der Waals surface area contributed by atoms with Gasteiger partial charge in [0, 0.05) is 24.8 Å². The van der Waals surface area contributed by atoms with Crippen LogP contribution in [0.25, 0.3) is 0 Å². The molecule has 22 heavy (non-hydrogen) atoms. The highest BCUT2D eigenvalue weighted by Crippen LogP contribution is 2.23. The van der Waals surface area contributed by atoms with Crippen LogP contribution in [0.5, 0.6) is 11.5 Å². The van der Waals surface area contributed by atoms with Gasteiger partial charge >= 0.3 is 0 Å². The van der Waals surface area contributed by atoms with Crippen LogP contribution in [0.15, 0.2) is 48.5 Å². The minimum Gasteiger partial charge on any atom is -0.457 e. The molecular weight excluding hydrogens is 294 g/mol. The molecule has 114 valence electrons. The fourth-order valence-corrected chi connectivity index (χ4v) is 2.88. The number of carbonyl (C=O) groups excluding carboxylic acids is 1. The van der Waals surface area contributed by atoms with Crippen LogP contribution in [0.1, 0.15) is 17.5 Å². The molecule has 0 spiro atoms. The van der Waals surface area contributed by atoms with Crippen LogP contribution in [0, 0.1) is 6.92 Å². The quantitative estimate of drug-likeness (QED) is 0.870. The Kier molecular flexibility index (Phi) is 4.39. The van der Waals surface area contributed by atoms with Crippen molar-refractivity contribution in [3.8, 4) is 11.5 Å². The van der Waals surface area contributed by atoms with Gasteiger partial charge in [-0.1, -0.05) is 29.8 Å². The second kappa shape index (κ2) is 6.44. The van der Waals surface area contributed by atoms with Crippen molar-refractivity contribution in [2.24, 2.45) is 0 Å². The lowest BCUT2D eigenvalue weighted by atomic mass is 10.2. The van der Waals surface area contributed by atoms with Gasteiger partial charge in [-0.15, -0.1) is 0 Å². The molecule has 3 rings (SSSR count). The zero-order valence-electron chi connectivity index (χ0n) is 12.5. The molecule has 1 aliphatic rings. The Bertz CT molecular complexity index is 652. The fraction of sp³-hybridized carbons (Fsp3) is 0.278. The lowest BCUT2D eigenvalue weighted by Gasteiger charge is -2.16. The van der Waals surface area contributed by atoms with Crippen LogP contribution in [-0.2, 0) is 11.3 Å². The third-order valence-electron chi connectivity index (χ3n) is 3.75. The molecule has 0 N–H and O–H groups in total. The monoisotopic (exact) mass is 313 g/mol. The Labute approximate surface area is 136 Å². The number of aryl methyl sites for hydroxylation is 1. The number of amides is 1. The van der Waals surface area contributed by atoms with Gasteiger partial charge in [-0.3, -0.25) is 4.79 Å². The maximum Gasteiger partial charge on any atom is 0.224 e. The SMILES string of the molecule is Cc1ccc(Oc2ccc(CN3CC(S)CC3=O)cc2)cc1. The molecule has 2 aromatic rings. The molecule has 0 radical (unpaired) electrons. The first-order valence-corrected chi connectivity index (χ1v) is 7.91. The Morgan fingerprint density at radius 3 is 2.23 bits per heavy atom. The maximum atomic E-state index is 11.8. The number of rotatable bonds is 4. The summed E-state index contributed by atoms with van der Waals surface area (Å²) in [6.45, 7) is 3.41. The Morgan fingerprint density at radius 1 is 1.09 bits per heavy atom. The van der Waals surface area contributed by atoms with Gasteiger partial charge < -0.3 is 9.64 Å². The number of hydrogen-bond donors (Lipinski definition) is 1. The number of thiol groups is 1. The van der Waals surface area contributed by atoms with Crippen molar-refractivity contribution in [3.63, 3.8) is 0 Å². The summed E-state index contributed by atoms with van der Waals surface area (Å²) in [5, 5.41) is 0.164. The highest BCUT2D eigenvalue weighted by molar-refractivity contribution is 7.81. The van der Waals surface area contributed by atoms with Crippen molar-refractivity contribution in [1.82, 2.24) is 4.90 Å². The number of nitrogens with zero attached hydrogens (tertiary/aromatic N) is 1. The van der Waals surface area contributed by atoms with Crippen molar-refractivity contribution >= 4 is 18.5 Å². The minimum absolute atomic E-state index is 0.164. The van der Waals surface area contributed by atoms with E-state index in [0.717, 1.165) is 23.6 Å². The predicted octanol–water partition coefficient (Wildman–Crippen LogP) is 3.82. The highest BCUT2D eigenvalue weighted by atomic mass is 32.1. The number of benzene rings is 2. The van der Waals surface area contributed by atoms with E-state index in [1.807, 2.05) is 60.4 Å². The van der Waals surface area contributed by atoms with E-state index in [1.165, 1.54) is 5.56 Å². The molecule has 1 atom stereocenters. The Balaban J connectivity index is 1.63. The fourth-order valence-electron chi connectivity index (χ4n) is 2.53. The number of hydrogen-bond acceptors (Lipinski definition) is 3. The average Bonchev–Trinajstić information content (AvgIpc) is 2.81. The lowest BCUT2D eigenvalue weighted by molar-refractivity contribution is -0.128. The van der Waals surface area contributed by atoms with Crippen LogP contribution in [0.3, 0.4) is 0 Å². The topological polar surface area (TPSA) is 29.5 Å². The predicted molar refractivity (Wildman–Crippen MR) is 90.5 cm³/mol. The van der Waals surface area contributed by atoms with E-state index in [9.17, 15) is 4.79 Å². The molecule has 1 fully saturated rings. The minimum atomic E-state index is 0.164. The van der Waals surface area contributed by atoms with Gasteiger partial charge in [0.2, 0.25) is 5.91 Å². The van der Waals surface area contributed by atoms with E-state index in [4.69, 9.17) is 4.74 Å². The standard InChI is InChI=1S/C18H19NO2S/c1-13-2-6-15(7-3-13)21-16-8-4-14(5-9-16)11-19-12-17(22)10-18(19)20/h2-9,17,22H,10-12H2,1H3. The van der Waals surface area contributed by atoms with Crippen molar-refractivity contribution in [2.45, 2.75) is 25.1 Å². The number of carbonyl (C=O) groups is 1. The molecule has 1 amide bonds. The first kappa shape index (κ1) is 15.0. The number of likely N-dealkylation sites (tertiary alicyclic amines) is 1. The third kappa shape index (κ3) is 3.63. The van der Waals surface area contributed by atoms with E-state index in [2.05, 4.69) is 12.6 Å². The summed E-state index contributed by atoms with van der Waals surface area (Å²) in [6, 6.07) is 15.8. The smallest absolute Gasteiger partial charge is 0.224 e. The average molecular weight is 313 g/mol. The van der Waals surface area contributed by atoms with E-state index in [-0.39, 0.29) is 11.2 Å². The summed E-state index contributed by atoms with van der Waals surface area (Å²) < 4.78 is 5.80. The van der Waals surface area contributed by atoms with Crippen LogP contribution in [0.2, 0.25) is 0 Å². The first-order chi connectivity index (χ1) is 10.6. The van der Waals surface area contributed by atoms with Gasteiger partial charge in [0.1, 0.15) is 11.5 Å². The molecule has 0 aliphatic carbocycles. The van der Waals surface area contributed by atoms with Gasteiger partial charge in [0.25, 0.3) is 0 Å². The lowest BCUT2D eigenvalue weighted by Crippen LogP contribution is -2.24. The van der Waals surface area contributed by atoms with Gasteiger partial charge in [0.15, 0.2) is 0 Å². The summed E-state index contributed by atoms with van der Waals surface area (Å²) in [7, 11) is 0. The zero-order valence-corrected chi connectivity index (χ0v) is 13.4. The summed E-state index contributed by atoms with van der Waals surface area (Å²) in [4.78, 5) is 13.6. The van der Waals surface area contributed by atoms with Crippen molar-refractivity contribution < 1.29 is 9.53 Å². The Morgan fingerprint density at radius 2 is 1.68 bits per heavy atom. The summed E-state index contributed by atoms with van der Waals surface area (Å²) in [5.74, 6) is 1.80. The molecule has 1 saturated heterocycles. The molecule has 1 aliphatic heterocycles. The first-order valence-electron chi connectivity index (χ1n) is 7.39. The van der Waals surface area contributed by atoms with Crippen molar-refractivity contribution in [2.75, 3.05) is 6.54 Å². The van der Waals surface area contributed by atoms with Crippen LogP contribution < -0.4 is 4.74 Å². The zero-order chi connectivity index (χ0) is 15.5. The van der Waals surface area contributed by atoms with Crippen LogP contribution >= 0.6 is 12.6 Å². The molecule has 1 heterocycles. The molecule has 2 aromatic carbocycles. The summed E-state index contributed by atoms with van der Waals surface area (Å²) in [5.41, 5.74) is 2.31. The van der Waals surface area contributed by atoms with E-state index in [0.29, 0.717) is 13.0 Å². The van der Waals surface area contributed by atoms with Crippen molar-refractivity contribution in [1.29, 1.82) is 0 Å². The molecule has 0 bridgehead atoms. The van der Waals surface area contributed by atoms with Gasteiger partial charge in [-0.25, -0.2) is 0 Å². The molecule has 0 saturated carbocycles. The Hall–Kier alpha value is -1.94. The third-order valence-corrected chi connectivity index (χ3v) is 4.09. The van der Waals surface area contributed by atoms with Crippen LogP contribution in [-0.4, -0.2) is 22.6 Å². The van der Waals surface area contributed by atoms with Crippen LogP contribution in [0.4, 0.5) is 0 Å². The molecular formula is C18H19NO2S. The number of ether oxygens (including phenoxy) is 1. The summed E-state index contributed by atoms with van der Waals surface area (Å²) >= 11 is 4.37. The second-order valence-corrected chi connectivity index (χ2v) is 6.42. The van der Waals surface area contributed by atoms with E-state index in [1.54, 1.807) is 0 Å². The second-order valence-electron chi connectivity index (χ2n) is 5.69. The molecule has 3 nitrogen and oxygen atoms in total. The van der Waals surface area contributed by atoms with Crippen molar-refractivity contribution in [3.05, 3.63) is 59.7 Å². The van der Waals surface area contributed by atoms with Gasteiger partial charge in [0.05, 0.1) is 0 Å². The normalized spacial score (nSPS) is 17.8. The van der Waals surface area contributed by atoms with Gasteiger partial charge in [-0.05, 0) is 36.8 Å². The largest absolute Gasteiger partial charge is 0.457 e. The van der Waals surface area contributed by atoms with E-state index < -0.39 is 0 Å². The van der Waals surface area contributed by atoms with Gasteiger partial charge in [-0.2, -0.15) is 12.6 Å².